The first-order valence-electron chi connectivity index (χ1n) is 10.2. The van der Waals surface area contributed by atoms with E-state index in [1.165, 1.54) is 22.8 Å². The van der Waals surface area contributed by atoms with Gasteiger partial charge in [-0.25, -0.2) is 9.97 Å². The second-order valence-electron chi connectivity index (χ2n) is 7.68. The third-order valence-electron chi connectivity index (χ3n) is 5.69. The van der Waals surface area contributed by atoms with Crippen molar-refractivity contribution in [2.45, 2.75) is 25.8 Å². The van der Waals surface area contributed by atoms with E-state index in [1.807, 2.05) is 24.4 Å². The molecule has 1 atom stereocenters. The summed E-state index contributed by atoms with van der Waals surface area (Å²) in [5.74, 6) is 0.572. The van der Waals surface area contributed by atoms with Gasteiger partial charge in [0.25, 0.3) is 5.91 Å². The minimum atomic E-state index is -0.182. The quantitative estimate of drug-likeness (QED) is 0.534. The second kappa shape index (κ2) is 7.63. The van der Waals surface area contributed by atoms with Gasteiger partial charge in [0, 0.05) is 41.4 Å². The highest BCUT2D eigenvalue weighted by molar-refractivity contribution is 5.93. The predicted molar refractivity (Wildman–Crippen MR) is 118 cm³/mol. The molecule has 150 valence electrons. The molecule has 1 aliphatic rings. The van der Waals surface area contributed by atoms with Crippen molar-refractivity contribution in [2.75, 3.05) is 11.4 Å². The first-order chi connectivity index (χ1) is 14.7. The van der Waals surface area contributed by atoms with Gasteiger partial charge in [0.15, 0.2) is 0 Å². The van der Waals surface area contributed by atoms with Gasteiger partial charge in [-0.05, 0) is 43.0 Å². The van der Waals surface area contributed by atoms with Gasteiger partial charge in [-0.15, -0.1) is 0 Å². The topological polar surface area (TPSA) is 73.9 Å². The Kier molecular flexibility index (Phi) is 4.67. The van der Waals surface area contributed by atoms with Gasteiger partial charge in [0.1, 0.15) is 17.8 Å². The van der Waals surface area contributed by atoms with Crippen LogP contribution in [-0.4, -0.2) is 33.4 Å². The Morgan fingerprint density at radius 2 is 2.00 bits per heavy atom. The third kappa shape index (κ3) is 3.30. The Morgan fingerprint density at radius 3 is 2.93 bits per heavy atom. The van der Waals surface area contributed by atoms with Crippen molar-refractivity contribution < 1.29 is 4.79 Å². The van der Waals surface area contributed by atoms with Gasteiger partial charge in [-0.1, -0.05) is 36.4 Å². The van der Waals surface area contributed by atoms with Crippen LogP contribution < -0.4 is 10.2 Å². The van der Waals surface area contributed by atoms with E-state index in [4.69, 9.17) is 0 Å². The number of amides is 1. The average Bonchev–Trinajstić information content (AvgIpc) is 3.34. The number of hydrogen-bond donors (Lipinski definition) is 2. The SMILES string of the molecule is CC1Cc2ccccc2N1c1cc(C(=O)NCCc2c[nH]c3ccccc23)ncn1. The molecule has 6 heteroatoms. The van der Waals surface area contributed by atoms with E-state index in [2.05, 4.69) is 62.4 Å². The van der Waals surface area contributed by atoms with Crippen LogP contribution in [0.25, 0.3) is 10.9 Å². The fourth-order valence-corrected chi connectivity index (χ4v) is 4.26. The van der Waals surface area contributed by atoms with Crippen molar-refractivity contribution in [3.8, 4) is 0 Å². The smallest absolute Gasteiger partial charge is 0.270 e. The van der Waals surface area contributed by atoms with Gasteiger partial charge < -0.3 is 15.2 Å². The lowest BCUT2D eigenvalue weighted by Gasteiger charge is -2.23. The zero-order chi connectivity index (χ0) is 20.5. The number of hydrogen-bond acceptors (Lipinski definition) is 4. The third-order valence-corrected chi connectivity index (χ3v) is 5.69. The number of nitrogens with zero attached hydrogens (tertiary/aromatic N) is 3. The minimum absolute atomic E-state index is 0.182. The van der Waals surface area contributed by atoms with E-state index < -0.39 is 0 Å². The molecule has 2 aromatic carbocycles. The maximum absolute atomic E-state index is 12.7. The molecule has 0 saturated carbocycles. The molecule has 30 heavy (non-hydrogen) atoms. The number of carbonyl (C=O) groups excluding carboxylic acids is 1. The highest BCUT2D eigenvalue weighted by Crippen LogP contribution is 2.37. The first-order valence-corrected chi connectivity index (χ1v) is 10.2. The highest BCUT2D eigenvalue weighted by Gasteiger charge is 2.28. The second-order valence-corrected chi connectivity index (χ2v) is 7.68. The molecule has 2 N–H and O–H groups in total. The number of benzene rings is 2. The largest absolute Gasteiger partial charge is 0.361 e. The molecule has 0 spiro atoms. The number of para-hydroxylation sites is 2. The molecule has 3 heterocycles. The molecule has 4 aromatic rings. The zero-order valence-electron chi connectivity index (χ0n) is 16.8. The molecule has 6 nitrogen and oxygen atoms in total. The average molecular weight is 397 g/mol. The number of anilines is 2. The molecule has 0 radical (unpaired) electrons. The predicted octanol–water partition coefficient (Wildman–Crippen LogP) is 4.01. The van der Waals surface area contributed by atoms with Crippen LogP contribution in [0.1, 0.15) is 28.5 Å². The molecule has 1 amide bonds. The van der Waals surface area contributed by atoms with Crippen LogP contribution in [0.4, 0.5) is 11.5 Å². The fourth-order valence-electron chi connectivity index (χ4n) is 4.26. The summed E-state index contributed by atoms with van der Waals surface area (Å²) < 4.78 is 0. The van der Waals surface area contributed by atoms with Gasteiger partial charge >= 0.3 is 0 Å². The van der Waals surface area contributed by atoms with Crippen molar-refractivity contribution in [3.63, 3.8) is 0 Å². The number of aromatic amines is 1. The number of rotatable bonds is 5. The summed E-state index contributed by atoms with van der Waals surface area (Å²) in [6, 6.07) is 18.6. The monoisotopic (exact) mass is 397 g/mol. The van der Waals surface area contributed by atoms with Crippen LogP contribution in [0.15, 0.2) is 67.1 Å². The number of nitrogens with one attached hydrogen (secondary N) is 2. The molecule has 0 fully saturated rings. The van der Waals surface area contributed by atoms with Crippen LogP contribution in [0.5, 0.6) is 0 Å². The van der Waals surface area contributed by atoms with E-state index in [0.29, 0.717) is 12.2 Å². The van der Waals surface area contributed by atoms with Crippen molar-refractivity contribution in [1.29, 1.82) is 0 Å². The van der Waals surface area contributed by atoms with Crippen molar-refractivity contribution in [1.82, 2.24) is 20.3 Å². The molecular formula is C24H23N5O. The standard InChI is InChI=1S/C24H23N5O/c1-16-12-17-6-2-5-9-22(17)29(16)23-13-21(27-15-28-23)24(30)25-11-10-18-14-26-20-8-4-3-7-19(18)20/h2-9,13-16,26H,10-12H2,1H3,(H,25,30). The first kappa shape index (κ1) is 18.4. The van der Waals surface area contributed by atoms with E-state index in [9.17, 15) is 4.79 Å². The maximum atomic E-state index is 12.7. The summed E-state index contributed by atoms with van der Waals surface area (Å²) in [5, 5.41) is 4.18. The molecular weight excluding hydrogens is 374 g/mol. The number of H-pyrrole nitrogens is 1. The van der Waals surface area contributed by atoms with E-state index in [-0.39, 0.29) is 11.9 Å². The molecule has 5 rings (SSSR count). The Labute approximate surface area is 175 Å². The van der Waals surface area contributed by atoms with E-state index in [1.54, 1.807) is 6.07 Å². The highest BCUT2D eigenvalue weighted by atomic mass is 16.1. The number of carbonyl (C=O) groups is 1. The van der Waals surface area contributed by atoms with Crippen LogP contribution in [-0.2, 0) is 12.8 Å². The van der Waals surface area contributed by atoms with Crippen LogP contribution in [0, 0.1) is 0 Å². The molecule has 1 aliphatic heterocycles. The Morgan fingerprint density at radius 1 is 1.17 bits per heavy atom. The lowest BCUT2D eigenvalue weighted by atomic mass is 10.1. The number of fused-ring (bicyclic) bond motifs is 2. The van der Waals surface area contributed by atoms with Crippen LogP contribution >= 0.6 is 0 Å². The van der Waals surface area contributed by atoms with Gasteiger partial charge in [0.05, 0.1) is 0 Å². The van der Waals surface area contributed by atoms with Crippen molar-refractivity contribution >= 4 is 28.3 Å². The summed E-state index contributed by atoms with van der Waals surface area (Å²) in [6.45, 7) is 2.71. The summed E-state index contributed by atoms with van der Waals surface area (Å²) >= 11 is 0. The fraction of sp³-hybridized carbons (Fsp3) is 0.208. The summed E-state index contributed by atoms with van der Waals surface area (Å²) in [7, 11) is 0. The Balaban J connectivity index is 1.29. The van der Waals surface area contributed by atoms with Gasteiger partial charge in [0.2, 0.25) is 0 Å². The summed E-state index contributed by atoms with van der Waals surface area (Å²) in [6.07, 6.45) is 5.19. The molecule has 2 aromatic heterocycles. The normalized spacial score (nSPS) is 15.4. The lowest BCUT2D eigenvalue weighted by Crippen LogP contribution is -2.28. The maximum Gasteiger partial charge on any atom is 0.270 e. The summed E-state index contributed by atoms with van der Waals surface area (Å²) in [5.41, 5.74) is 5.13. The molecule has 1 unspecified atom stereocenters. The van der Waals surface area contributed by atoms with Crippen LogP contribution in [0.2, 0.25) is 0 Å². The Hall–Kier alpha value is -3.67. The lowest BCUT2D eigenvalue weighted by molar-refractivity contribution is 0.0949. The zero-order valence-corrected chi connectivity index (χ0v) is 16.8. The molecule has 0 saturated heterocycles. The molecule has 0 aliphatic carbocycles. The van der Waals surface area contributed by atoms with Gasteiger partial charge in [-0.2, -0.15) is 0 Å². The van der Waals surface area contributed by atoms with Crippen molar-refractivity contribution in [2.24, 2.45) is 0 Å². The minimum Gasteiger partial charge on any atom is -0.361 e. The van der Waals surface area contributed by atoms with Crippen molar-refractivity contribution in [3.05, 3.63) is 83.9 Å². The number of aromatic nitrogens is 3. The Bertz CT molecular complexity index is 1210. The van der Waals surface area contributed by atoms with E-state index in [0.717, 1.165) is 29.9 Å². The van der Waals surface area contributed by atoms with E-state index >= 15 is 0 Å². The van der Waals surface area contributed by atoms with Crippen LogP contribution in [0.3, 0.4) is 0 Å². The summed E-state index contributed by atoms with van der Waals surface area (Å²) in [4.78, 5) is 26.8. The molecule has 0 bridgehead atoms. The van der Waals surface area contributed by atoms with Gasteiger partial charge in [-0.3, -0.25) is 4.79 Å².